The molecule has 0 saturated heterocycles. The van der Waals surface area contributed by atoms with E-state index >= 15 is 0 Å². The molecule has 0 bridgehead atoms. The first-order valence-corrected chi connectivity index (χ1v) is 9.69. The maximum atomic E-state index is 12.8. The number of rotatable bonds is 4. The highest BCUT2D eigenvalue weighted by molar-refractivity contribution is 6.31. The van der Waals surface area contributed by atoms with Gasteiger partial charge in [-0.05, 0) is 55.1 Å². The lowest BCUT2D eigenvalue weighted by atomic mass is 9.94. The summed E-state index contributed by atoms with van der Waals surface area (Å²) in [6.45, 7) is 0. The second-order valence-corrected chi connectivity index (χ2v) is 7.71. The minimum Gasteiger partial charge on any atom is -0.506 e. The summed E-state index contributed by atoms with van der Waals surface area (Å²) in [5, 5.41) is 11.9. The Morgan fingerprint density at radius 3 is 2.38 bits per heavy atom. The number of halogens is 1. The number of pyridine rings is 1. The monoisotopic (exact) mass is 404 g/mol. The Bertz CT molecular complexity index is 1230. The Morgan fingerprint density at radius 2 is 1.66 bits per heavy atom. The molecule has 0 aliphatic heterocycles. The van der Waals surface area contributed by atoms with Crippen LogP contribution in [0.15, 0.2) is 77.6 Å². The topological polar surface area (TPSA) is 56.3 Å². The average Bonchev–Trinajstić information content (AvgIpc) is 2.69. The number of fused-ring (bicyclic) bond motifs is 1. The van der Waals surface area contributed by atoms with Gasteiger partial charge in [0.1, 0.15) is 5.75 Å². The van der Waals surface area contributed by atoms with Gasteiger partial charge in [0, 0.05) is 10.4 Å². The first-order valence-electron chi connectivity index (χ1n) is 9.32. The Labute approximate surface area is 174 Å². The fraction of sp³-hybridized carbons (Fsp3) is 0.125. The van der Waals surface area contributed by atoms with Crippen LogP contribution in [0.4, 0.5) is 0 Å². The molecule has 0 spiro atoms. The molecule has 4 aromatic rings. The fourth-order valence-corrected chi connectivity index (χ4v) is 3.98. The number of H-pyrrole nitrogens is 1. The number of hydrogen-bond acceptors (Lipinski definition) is 3. The van der Waals surface area contributed by atoms with Gasteiger partial charge in [-0.2, -0.15) is 0 Å². The summed E-state index contributed by atoms with van der Waals surface area (Å²) in [7, 11) is 4.04. The fourth-order valence-electron chi connectivity index (χ4n) is 3.81. The highest BCUT2D eigenvalue weighted by Gasteiger charge is 2.19. The van der Waals surface area contributed by atoms with Gasteiger partial charge in [-0.3, -0.25) is 9.69 Å². The van der Waals surface area contributed by atoms with Crippen LogP contribution in [0, 0.1) is 0 Å². The number of aromatic amines is 1. The van der Waals surface area contributed by atoms with Crippen molar-refractivity contribution in [3.8, 4) is 16.9 Å². The minimum atomic E-state index is -0.351. The molecule has 0 amide bonds. The molecule has 29 heavy (non-hydrogen) atoms. The van der Waals surface area contributed by atoms with E-state index < -0.39 is 0 Å². The molecule has 4 nitrogen and oxygen atoms in total. The molecule has 1 heterocycles. The van der Waals surface area contributed by atoms with Crippen LogP contribution in [-0.2, 0) is 0 Å². The maximum absolute atomic E-state index is 12.8. The molecule has 2 N–H and O–H groups in total. The van der Waals surface area contributed by atoms with Gasteiger partial charge in [-0.1, -0.05) is 60.1 Å². The van der Waals surface area contributed by atoms with Gasteiger partial charge in [0.15, 0.2) is 0 Å². The van der Waals surface area contributed by atoms with Crippen LogP contribution in [0.3, 0.4) is 0 Å². The Kier molecular flexibility index (Phi) is 5.14. The quantitative estimate of drug-likeness (QED) is 0.491. The highest BCUT2D eigenvalue weighted by Crippen LogP contribution is 2.35. The predicted octanol–water partition coefficient (Wildman–Crippen LogP) is 5.21. The zero-order valence-corrected chi connectivity index (χ0v) is 16.9. The third-order valence-electron chi connectivity index (χ3n) is 5.07. The van der Waals surface area contributed by atoms with Gasteiger partial charge in [0.2, 0.25) is 0 Å². The van der Waals surface area contributed by atoms with Crippen LogP contribution in [-0.4, -0.2) is 29.1 Å². The van der Waals surface area contributed by atoms with Crippen LogP contribution in [0.25, 0.3) is 22.0 Å². The van der Waals surface area contributed by atoms with E-state index in [0.29, 0.717) is 21.5 Å². The van der Waals surface area contributed by atoms with E-state index in [0.717, 1.165) is 11.1 Å². The molecular weight excluding hydrogens is 384 g/mol. The van der Waals surface area contributed by atoms with E-state index in [9.17, 15) is 9.90 Å². The third-order valence-corrected chi connectivity index (χ3v) is 5.31. The summed E-state index contributed by atoms with van der Waals surface area (Å²) >= 11 is 6.02. The average molecular weight is 405 g/mol. The SMILES string of the molecule is CN(C)C(c1ccccc1)c1cccc(-c2c(O)c3ccc(Cl)cc3[nH]c2=O)c1. The van der Waals surface area contributed by atoms with Crippen molar-refractivity contribution in [2.45, 2.75) is 6.04 Å². The molecule has 3 aromatic carbocycles. The second-order valence-electron chi connectivity index (χ2n) is 7.27. The minimum absolute atomic E-state index is 0.0247. The van der Waals surface area contributed by atoms with Gasteiger partial charge in [0.25, 0.3) is 5.56 Å². The Morgan fingerprint density at radius 1 is 0.931 bits per heavy atom. The summed E-state index contributed by atoms with van der Waals surface area (Å²) in [4.78, 5) is 17.7. The zero-order valence-electron chi connectivity index (χ0n) is 16.2. The largest absolute Gasteiger partial charge is 0.506 e. The molecule has 0 fully saturated rings. The number of aromatic hydroxyl groups is 1. The van der Waals surface area contributed by atoms with E-state index in [2.05, 4.69) is 22.0 Å². The normalized spacial score (nSPS) is 12.4. The lowest BCUT2D eigenvalue weighted by Gasteiger charge is -2.26. The summed E-state index contributed by atoms with van der Waals surface area (Å²) in [5.41, 5.74) is 3.27. The number of benzene rings is 3. The first-order chi connectivity index (χ1) is 14.0. The molecule has 4 rings (SSSR count). The predicted molar refractivity (Wildman–Crippen MR) is 119 cm³/mol. The second kappa shape index (κ2) is 7.74. The number of hydrogen-bond donors (Lipinski definition) is 2. The molecular formula is C24H21ClN2O2. The molecule has 146 valence electrons. The van der Waals surface area contributed by atoms with E-state index in [4.69, 9.17) is 11.6 Å². The molecule has 0 aliphatic carbocycles. The van der Waals surface area contributed by atoms with E-state index in [1.165, 1.54) is 0 Å². The molecule has 5 heteroatoms. The smallest absolute Gasteiger partial charge is 0.260 e. The van der Waals surface area contributed by atoms with E-state index in [1.807, 2.05) is 56.6 Å². The van der Waals surface area contributed by atoms with Gasteiger partial charge in [-0.25, -0.2) is 0 Å². The number of nitrogens with one attached hydrogen (secondary N) is 1. The van der Waals surface area contributed by atoms with Gasteiger partial charge in [-0.15, -0.1) is 0 Å². The number of aromatic nitrogens is 1. The van der Waals surface area contributed by atoms with Gasteiger partial charge >= 0.3 is 0 Å². The molecule has 0 saturated carbocycles. The van der Waals surface area contributed by atoms with Crippen molar-refractivity contribution in [3.63, 3.8) is 0 Å². The summed E-state index contributed by atoms with van der Waals surface area (Å²) in [6.07, 6.45) is 0. The van der Waals surface area contributed by atoms with Gasteiger partial charge in [0.05, 0.1) is 17.1 Å². The standard InChI is InChI=1S/C24H21ClN2O2/c1-27(2)22(15-7-4-3-5-8-15)17-10-6-9-16(13-17)21-23(28)19-12-11-18(25)14-20(19)26-24(21)29/h3-14,22H,1-2H3,(H2,26,28,29). The lowest BCUT2D eigenvalue weighted by Crippen LogP contribution is -2.21. The Balaban J connectivity index is 1.88. The van der Waals surface area contributed by atoms with Crippen LogP contribution in [0.5, 0.6) is 5.75 Å². The molecule has 0 aliphatic rings. The van der Waals surface area contributed by atoms with Crippen molar-refractivity contribution < 1.29 is 5.11 Å². The van der Waals surface area contributed by atoms with Crippen LogP contribution >= 0.6 is 11.6 Å². The molecule has 1 aromatic heterocycles. The summed E-state index contributed by atoms with van der Waals surface area (Å²) in [6, 6.07) is 23.0. The lowest BCUT2D eigenvalue weighted by molar-refractivity contribution is 0.342. The Hall–Kier alpha value is -3.08. The highest BCUT2D eigenvalue weighted by atomic mass is 35.5. The van der Waals surface area contributed by atoms with Crippen molar-refractivity contribution in [3.05, 3.63) is 99.3 Å². The first kappa shape index (κ1) is 19.2. The van der Waals surface area contributed by atoms with Crippen molar-refractivity contribution in [1.29, 1.82) is 0 Å². The maximum Gasteiger partial charge on any atom is 0.260 e. The molecule has 1 atom stereocenters. The summed E-state index contributed by atoms with van der Waals surface area (Å²) < 4.78 is 0. The third kappa shape index (κ3) is 3.65. The zero-order chi connectivity index (χ0) is 20.5. The number of nitrogens with zero attached hydrogens (tertiary/aromatic N) is 1. The van der Waals surface area contributed by atoms with Crippen LogP contribution < -0.4 is 5.56 Å². The van der Waals surface area contributed by atoms with E-state index in [1.54, 1.807) is 18.2 Å². The molecule has 0 radical (unpaired) electrons. The van der Waals surface area contributed by atoms with Crippen molar-refractivity contribution in [1.82, 2.24) is 9.88 Å². The van der Waals surface area contributed by atoms with Crippen molar-refractivity contribution in [2.75, 3.05) is 14.1 Å². The van der Waals surface area contributed by atoms with Crippen molar-refractivity contribution >= 4 is 22.5 Å². The van der Waals surface area contributed by atoms with Gasteiger partial charge < -0.3 is 10.1 Å². The summed E-state index contributed by atoms with van der Waals surface area (Å²) in [5.74, 6) is -0.0429. The van der Waals surface area contributed by atoms with Crippen LogP contribution in [0.1, 0.15) is 17.2 Å². The molecule has 1 unspecified atom stereocenters. The van der Waals surface area contributed by atoms with Crippen LogP contribution in [0.2, 0.25) is 5.02 Å². The van der Waals surface area contributed by atoms with E-state index in [-0.39, 0.29) is 22.9 Å². The van der Waals surface area contributed by atoms with Crippen molar-refractivity contribution in [2.24, 2.45) is 0 Å².